The summed E-state index contributed by atoms with van der Waals surface area (Å²) in [5.41, 5.74) is 1.22. The summed E-state index contributed by atoms with van der Waals surface area (Å²) in [5.74, 6) is 0.587. The van der Waals surface area contributed by atoms with Crippen molar-refractivity contribution in [3.63, 3.8) is 0 Å². The highest BCUT2D eigenvalue weighted by molar-refractivity contribution is 5.80. The number of likely N-dealkylation sites (tertiary alicyclic amines) is 1. The molecule has 0 saturated carbocycles. The van der Waals surface area contributed by atoms with Gasteiger partial charge in [0.1, 0.15) is 0 Å². The number of amides is 1. The molecule has 0 bridgehead atoms. The van der Waals surface area contributed by atoms with Gasteiger partial charge >= 0.3 is 0 Å². The van der Waals surface area contributed by atoms with E-state index in [4.69, 9.17) is 5.11 Å². The Morgan fingerprint density at radius 2 is 2.28 bits per heavy atom. The maximum atomic E-state index is 12.3. The van der Waals surface area contributed by atoms with Crippen LogP contribution in [-0.4, -0.2) is 53.6 Å². The lowest BCUT2D eigenvalue weighted by atomic mass is 10.0. The van der Waals surface area contributed by atoms with Crippen molar-refractivity contribution >= 4 is 5.91 Å². The molecule has 4 heteroatoms. The third-order valence-corrected chi connectivity index (χ3v) is 3.88. The molecule has 0 unspecified atom stereocenters. The molecule has 1 aliphatic heterocycles. The van der Waals surface area contributed by atoms with Gasteiger partial charge < -0.3 is 10.0 Å². The minimum Gasteiger partial charge on any atom is -0.396 e. The molecule has 0 aromatic heterocycles. The van der Waals surface area contributed by atoms with Crippen molar-refractivity contribution in [1.29, 1.82) is 0 Å². The van der Waals surface area contributed by atoms with Gasteiger partial charge in [-0.15, -0.1) is 0 Å². The van der Waals surface area contributed by atoms with Gasteiger partial charge in [-0.3, -0.25) is 9.69 Å². The Bertz CT molecular complexity index is 322. The smallest absolute Gasteiger partial charge is 0.240 e. The van der Waals surface area contributed by atoms with Gasteiger partial charge in [0.05, 0.1) is 6.54 Å². The van der Waals surface area contributed by atoms with Crippen molar-refractivity contribution in [2.24, 2.45) is 5.92 Å². The summed E-state index contributed by atoms with van der Waals surface area (Å²) in [7, 11) is 0. The van der Waals surface area contributed by atoms with Crippen LogP contribution in [0, 0.1) is 5.92 Å². The predicted octanol–water partition coefficient (Wildman–Crippen LogP) is 1.22. The number of likely N-dealkylation sites (N-methyl/N-ethyl adjacent to an activating group) is 1. The van der Waals surface area contributed by atoms with Crippen LogP contribution in [0.5, 0.6) is 0 Å². The van der Waals surface area contributed by atoms with E-state index in [1.807, 2.05) is 11.8 Å². The van der Waals surface area contributed by atoms with Crippen LogP contribution in [0.15, 0.2) is 11.8 Å². The molecule has 4 nitrogen and oxygen atoms in total. The van der Waals surface area contributed by atoms with Crippen LogP contribution >= 0.6 is 0 Å². The number of rotatable bonds is 5. The minimum atomic E-state index is 0.210. The molecule has 0 aromatic carbocycles. The zero-order chi connectivity index (χ0) is 13.0. The van der Waals surface area contributed by atoms with E-state index >= 15 is 0 Å². The molecule has 1 amide bonds. The number of aliphatic hydroxyl groups excluding tert-OH is 1. The van der Waals surface area contributed by atoms with Gasteiger partial charge in [-0.05, 0) is 32.6 Å². The van der Waals surface area contributed by atoms with Gasteiger partial charge in [0.2, 0.25) is 5.91 Å². The fourth-order valence-corrected chi connectivity index (χ4v) is 2.80. The van der Waals surface area contributed by atoms with Crippen LogP contribution in [0.2, 0.25) is 0 Å². The zero-order valence-electron chi connectivity index (χ0n) is 11.3. The van der Waals surface area contributed by atoms with Crippen molar-refractivity contribution < 1.29 is 9.90 Å². The van der Waals surface area contributed by atoms with Gasteiger partial charge in [0.15, 0.2) is 0 Å². The first-order valence-electron chi connectivity index (χ1n) is 7.07. The highest BCUT2D eigenvalue weighted by Gasteiger charge is 2.29. The molecule has 1 fully saturated rings. The molecule has 0 spiro atoms. The van der Waals surface area contributed by atoms with E-state index in [9.17, 15) is 4.79 Å². The second-order valence-electron chi connectivity index (χ2n) is 5.32. The summed E-state index contributed by atoms with van der Waals surface area (Å²) >= 11 is 0. The second-order valence-corrected chi connectivity index (χ2v) is 5.32. The first-order chi connectivity index (χ1) is 8.74. The van der Waals surface area contributed by atoms with E-state index in [1.54, 1.807) is 0 Å². The van der Waals surface area contributed by atoms with Gasteiger partial charge in [-0.2, -0.15) is 0 Å². The molecule has 1 saturated heterocycles. The molecule has 102 valence electrons. The van der Waals surface area contributed by atoms with Crippen LogP contribution in [0.1, 0.15) is 32.6 Å². The van der Waals surface area contributed by atoms with Gasteiger partial charge in [-0.1, -0.05) is 6.08 Å². The lowest BCUT2D eigenvalue weighted by Gasteiger charge is -2.39. The maximum Gasteiger partial charge on any atom is 0.240 e. The summed E-state index contributed by atoms with van der Waals surface area (Å²) in [4.78, 5) is 16.3. The summed E-state index contributed by atoms with van der Waals surface area (Å²) < 4.78 is 0. The Morgan fingerprint density at radius 3 is 2.83 bits per heavy atom. The maximum absolute atomic E-state index is 12.3. The van der Waals surface area contributed by atoms with Crippen LogP contribution in [-0.2, 0) is 4.79 Å². The van der Waals surface area contributed by atoms with E-state index in [0.29, 0.717) is 12.5 Å². The van der Waals surface area contributed by atoms with Crippen molar-refractivity contribution in [3.8, 4) is 0 Å². The quantitative estimate of drug-likeness (QED) is 0.800. The molecule has 2 rings (SSSR count). The van der Waals surface area contributed by atoms with Crippen molar-refractivity contribution in [1.82, 2.24) is 9.80 Å². The van der Waals surface area contributed by atoms with Crippen LogP contribution in [0.3, 0.4) is 0 Å². The third kappa shape index (κ3) is 3.12. The molecule has 1 aliphatic carbocycles. The Hall–Kier alpha value is -0.870. The molecule has 2 aliphatic rings. The van der Waals surface area contributed by atoms with Gasteiger partial charge in [0, 0.05) is 37.9 Å². The van der Waals surface area contributed by atoms with Gasteiger partial charge in [0.25, 0.3) is 0 Å². The second kappa shape index (κ2) is 6.34. The van der Waals surface area contributed by atoms with Crippen LogP contribution in [0.4, 0.5) is 0 Å². The molecular weight excluding hydrogens is 228 g/mol. The fourth-order valence-electron chi connectivity index (χ4n) is 2.80. The molecule has 0 radical (unpaired) electrons. The Kier molecular flexibility index (Phi) is 4.78. The minimum absolute atomic E-state index is 0.210. The van der Waals surface area contributed by atoms with E-state index in [2.05, 4.69) is 11.0 Å². The summed E-state index contributed by atoms with van der Waals surface area (Å²) in [6.07, 6.45) is 6.82. The van der Waals surface area contributed by atoms with Crippen molar-refractivity contribution in [2.75, 3.05) is 32.8 Å². The SMILES string of the molecule is CCN(C(=O)CN1CC(CO)C1)C1=CCCCC1. The molecule has 1 heterocycles. The first-order valence-corrected chi connectivity index (χ1v) is 7.07. The summed E-state index contributed by atoms with van der Waals surface area (Å²) in [6, 6.07) is 0. The van der Waals surface area contributed by atoms with Gasteiger partial charge in [-0.25, -0.2) is 0 Å². The molecule has 1 N–H and O–H groups in total. The van der Waals surface area contributed by atoms with Crippen LogP contribution < -0.4 is 0 Å². The molecule has 0 aromatic rings. The standard InChI is InChI=1S/C14H24N2O2/c1-2-16(13-6-4-3-5-7-13)14(18)10-15-8-12(9-15)11-17/h6,12,17H,2-5,7-11H2,1H3. The predicted molar refractivity (Wildman–Crippen MR) is 71.0 cm³/mol. The fraction of sp³-hybridized carbons (Fsp3) is 0.786. The molecule has 18 heavy (non-hydrogen) atoms. The van der Waals surface area contributed by atoms with Crippen molar-refractivity contribution in [3.05, 3.63) is 11.8 Å². The zero-order valence-corrected chi connectivity index (χ0v) is 11.3. The molecule has 0 atom stereocenters. The number of hydrogen-bond acceptors (Lipinski definition) is 3. The largest absolute Gasteiger partial charge is 0.396 e. The number of carbonyl (C=O) groups excluding carboxylic acids is 1. The number of hydrogen-bond donors (Lipinski definition) is 1. The highest BCUT2D eigenvalue weighted by Crippen LogP contribution is 2.22. The van der Waals surface area contributed by atoms with E-state index < -0.39 is 0 Å². The average molecular weight is 252 g/mol. The number of nitrogens with zero attached hydrogens (tertiary/aromatic N) is 2. The lowest BCUT2D eigenvalue weighted by molar-refractivity contribution is -0.132. The number of allylic oxidation sites excluding steroid dienone is 2. The topological polar surface area (TPSA) is 43.8 Å². The highest BCUT2D eigenvalue weighted by atomic mass is 16.3. The Labute approximate surface area is 109 Å². The van der Waals surface area contributed by atoms with E-state index in [0.717, 1.165) is 32.5 Å². The summed E-state index contributed by atoms with van der Waals surface area (Å²) in [5, 5.41) is 8.97. The van der Waals surface area contributed by atoms with E-state index in [1.165, 1.54) is 18.5 Å². The lowest BCUT2D eigenvalue weighted by Crippen LogP contribution is -2.52. The Balaban J connectivity index is 1.84. The Morgan fingerprint density at radius 1 is 1.50 bits per heavy atom. The first kappa shape index (κ1) is 13.6. The molecular formula is C14H24N2O2. The van der Waals surface area contributed by atoms with E-state index in [-0.39, 0.29) is 12.5 Å². The normalized spacial score (nSPS) is 21.3. The summed E-state index contributed by atoms with van der Waals surface area (Å²) in [6.45, 7) is 5.27. The van der Waals surface area contributed by atoms with Crippen molar-refractivity contribution in [2.45, 2.75) is 32.6 Å². The third-order valence-electron chi connectivity index (χ3n) is 3.88. The average Bonchev–Trinajstić information content (AvgIpc) is 2.35. The number of aliphatic hydroxyl groups is 1. The monoisotopic (exact) mass is 252 g/mol. The number of carbonyl (C=O) groups is 1. The van der Waals surface area contributed by atoms with Crippen LogP contribution in [0.25, 0.3) is 0 Å².